The number of fused-ring (bicyclic) bond motifs is 1. The van der Waals surface area contributed by atoms with Crippen LogP contribution >= 0.6 is 0 Å². The number of aryl methyl sites for hydroxylation is 3. The van der Waals surface area contributed by atoms with Gasteiger partial charge in [0.15, 0.2) is 11.4 Å². The number of carbonyl (C=O) groups excluding carboxylic acids is 1. The van der Waals surface area contributed by atoms with Crippen molar-refractivity contribution in [1.29, 1.82) is 0 Å². The van der Waals surface area contributed by atoms with Gasteiger partial charge in [-0.15, -0.1) is 0 Å². The highest BCUT2D eigenvalue weighted by Gasteiger charge is 2.47. The summed E-state index contributed by atoms with van der Waals surface area (Å²) < 4.78 is 28.3. The molecule has 1 aliphatic rings. The number of likely N-dealkylation sites (tertiary alicyclic amines) is 1. The van der Waals surface area contributed by atoms with Crippen LogP contribution in [0.25, 0.3) is 5.65 Å². The Labute approximate surface area is 178 Å². The van der Waals surface area contributed by atoms with Gasteiger partial charge in [0.2, 0.25) is 0 Å². The molecule has 8 heteroatoms. The van der Waals surface area contributed by atoms with Crippen LogP contribution in [-0.4, -0.2) is 49.4 Å². The van der Waals surface area contributed by atoms with Gasteiger partial charge in [-0.3, -0.25) is 4.79 Å². The van der Waals surface area contributed by atoms with E-state index in [9.17, 15) is 23.8 Å². The van der Waals surface area contributed by atoms with Crippen molar-refractivity contribution in [2.45, 2.75) is 45.6 Å². The highest BCUT2D eigenvalue weighted by atomic mass is 19.3. The molecule has 3 aromatic rings. The molecule has 2 N–H and O–H groups in total. The molecule has 0 spiro atoms. The predicted molar refractivity (Wildman–Crippen MR) is 112 cm³/mol. The Bertz CT molecular complexity index is 1160. The molecule has 1 amide bonds. The minimum atomic E-state index is -2.88. The van der Waals surface area contributed by atoms with E-state index in [4.69, 9.17) is 0 Å². The van der Waals surface area contributed by atoms with E-state index in [-0.39, 0.29) is 24.2 Å². The fraction of sp³-hybridized carbons (Fsp3) is 0.391. The van der Waals surface area contributed by atoms with Crippen LogP contribution in [0.15, 0.2) is 30.5 Å². The number of rotatable bonds is 5. The first-order valence-corrected chi connectivity index (χ1v) is 10.2. The monoisotopic (exact) mass is 429 g/mol. The number of hydrogen-bond acceptors (Lipinski definition) is 4. The van der Waals surface area contributed by atoms with E-state index in [1.54, 1.807) is 17.5 Å². The van der Waals surface area contributed by atoms with Crippen molar-refractivity contribution >= 4 is 11.6 Å². The first kappa shape index (κ1) is 21.2. The number of pyridine rings is 1. The Balaban J connectivity index is 1.71. The molecule has 6 nitrogen and oxygen atoms in total. The SMILES string of the molecule is Cc1ccccc1[C@@H](O)CCc1c(C(=O)N2CC(F)(F)C2)cn2c(C)c(C)nc2c1O. The zero-order valence-electron chi connectivity index (χ0n) is 17.7. The molecular formula is C23H25F2N3O3. The van der Waals surface area contributed by atoms with Crippen molar-refractivity contribution in [2.75, 3.05) is 13.1 Å². The van der Waals surface area contributed by atoms with E-state index in [1.165, 1.54) is 0 Å². The third-order valence-electron chi connectivity index (χ3n) is 6.04. The second-order valence-electron chi connectivity index (χ2n) is 8.27. The molecule has 0 saturated carbocycles. The average molecular weight is 429 g/mol. The Morgan fingerprint density at radius 2 is 1.90 bits per heavy atom. The highest BCUT2D eigenvalue weighted by molar-refractivity contribution is 5.97. The summed E-state index contributed by atoms with van der Waals surface area (Å²) in [5.41, 5.74) is 3.92. The Hall–Kier alpha value is -3.00. The van der Waals surface area contributed by atoms with E-state index in [2.05, 4.69) is 4.98 Å². The van der Waals surface area contributed by atoms with Gasteiger partial charge in [-0.05, 0) is 44.7 Å². The van der Waals surface area contributed by atoms with Gasteiger partial charge in [0, 0.05) is 17.5 Å². The van der Waals surface area contributed by atoms with E-state index < -0.39 is 31.0 Å². The number of benzene rings is 1. The molecule has 31 heavy (non-hydrogen) atoms. The van der Waals surface area contributed by atoms with Crippen molar-refractivity contribution in [3.8, 4) is 5.75 Å². The second-order valence-corrected chi connectivity index (χ2v) is 8.27. The average Bonchev–Trinajstić information content (AvgIpc) is 2.99. The van der Waals surface area contributed by atoms with E-state index in [1.807, 2.05) is 38.1 Å². The maximum Gasteiger partial charge on any atom is 0.282 e. The van der Waals surface area contributed by atoms with Gasteiger partial charge in [-0.25, -0.2) is 13.8 Å². The van der Waals surface area contributed by atoms with Crippen LogP contribution in [0.1, 0.15) is 51.0 Å². The predicted octanol–water partition coefficient (Wildman–Crippen LogP) is 3.72. The molecule has 0 bridgehead atoms. The fourth-order valence-electron chi connectivity index (χ4n) is 4.08. The summed E-state index contributed by atoms with van der Waals surface area (Å²) in [5.74, 6) is -3.61. The Morgan fingerprint density at radius 1 is 1.23 bits per heavy atom. The topological polar surface area (TPSA) is 78.1 Å². The summed E-state index contributed by atoms with van der Waals surface area (Å²) in [7, 11) is 0. The first-order valence-electron chi connectivity index (χ1n) is 10.2. The number of carbonyl (C=O) groups is 1. The number of imidazole rings is 1. The minimum Gasteiger partial charge on any atom is -0.504 e. The third kappa shape index (κ3) is 3.76. The number of alkyl halides is 2. The van der Waals surface area contributed by atoms with Crippen molar-refractivity contribution < 1.29 is 23.8 Å². The molecule has 0 aliphatic carbocycles. The molecule has 1 fully saturated rings. The maximum absolute atomic E-state index is 13.4. The van der Waals surface area contributed by atoms with Crippen LogP contribution in [0.5, 0.6) is 5.75 Å². The zero-order valence-corrected chi connectivity index (χ0v) is 17.7. The standard InChI is InChI=1S/C23H25F2N3O3/c1-13-6-4-5-7-16(13)19(29)9-8-17-18(22(31)27-11-23(24,25)12-27)10-28-15(3)14(2)26-21(28)20(17)30/h4-7,10,19,29-30H,8-9,11-12H2,1-3H3/t19-/m0/s1. The zero-order chi connectivity index (χ0) is 22.5. The van der Waals surface area contributed by atoms with Gasteiger partial charge >= 0.3 is 0 Å². The number of aliphatic hydroxyl groups is 1. The van der Waals surface area contributed by atoms with Crippen LogP contribution in [-0.2, 0) is 6.42 Å². The van der Waals surface area contributed by atoms with Gasteiger partial charge < -0.3 is 19.5 Å². The van der Waals surface area contributed by atoms with E-state index in [0.29, 0.717) is 16.9 Å². The van der Waals surface area contributed by atoms with E-state index >= 15 is 0 Å². The lowest BCUT2D eigenvalue weighted by Crippen LogP contribution is -2.58. The van der Waals surface area contributed by atoms with Gasteiger partial charge in [0.05, 0.1) is 30.5 Å². The maximum atomic E-state index is 13.4. The summed E-state index contributed by atoms with van der Waals surface area (Å²) in [5, 5.41) is 21.6. The number of aliphatic hydroxyl groups excluding tert-OH is 1. The number of amides is 1. The van der Waals surface area contributed by atoms with E-state index in [0.717, 1.165) is 21.7 Å². The van der Waals surface area contributed by atoms with Gasteiger partial charge in [0.25, 0.3) is 11.8 Å². The number of halogens is 2. The lowest BCUT2D eigenvalue weighted by molar-refractivity contribution is -0.113. The molecule has 0 unspecified atom stereocenters. The second kappa shape index (κ2) is 7.60. The normalized spacial score (nSPS) is 16.4. The molecule has 164 valence electrons. The first-order chi connectivity index (χ1) is 14.6. The number of hydrogen-bond donors (Lipinski definition) is 2. The summed E-state index contributed by atoms with van der Waals surface area (Å²) in [6.07, 6.45) is 1.20. The number of aromatic hydroxyl groups is 1. The number of aromatic nitrogens is 2. The summed E-state index contributed by atoms with van der Waals surface area (Å²) in [6.45, 7) is 4.22. The minimum absolute atomic E-state index is 0.151. The molecule has 3 heterocycles. The van der Waals surface area contributed by atoms with Gasteiger partial charge in [-0.1, -0.05) is 24.3 Å². The summed E-state index contributed by atoms with van der Waals surface area (Å²) in [4.78, 5) is 18.5. The van der Waals surface area contributed by atoms with Crippen molar-refractivity contribution in [2.24, 2.45) is 0 Å². The van der Waals surface area contributed by atoms with Crippen LogP contribution in [0.2, 0.25) is 0 Å². The van der Waals surface area contributed by atoms with Crippen LogP contribution < -0.4 is 0 Å². The smallest absolute Gasteiger partial charge is 0.282 e. The summed E-state index contributed by atoms with van der Waals surface area (Å²) >= 11 is 0. The number of nitrogens with zero attached hydrogens (tertiary/aromatic N) is 3. The highest BCUT2D eigenvalue weighted by Crippen LogP contribution is 2.35. The largest absolute Gasteiger partial charge is 0.504 e. The molecule has 1 aliphatic heterocycles. The lowest BCUT2D eigenvalue weighted by Gasteiger charge is -2.39. The molecule has 1 atom stereocenters. The Morgan fingerprint density at radius 3 is 2.55 bits per heavy atom. The van der Waals surface area contributed by atoms with Crippen LogP contribution in [0.4, 0.5) is 8.78 Å². The molecular weight excluding hydrogens is 404 g/mol. The quantitative estimate of drug-likeness (QED) is 0.648. The molecule has 1 aromatic carbocycles. The van der Waals surface area contributed by atoms with Crippen LogP contribution in [0.3, 0.4) is 0 Å². The summed E-state index contributed by atoms with van der Waals surface area (Å²) in [6, 6.07) is 7.45. The lowest BCUT2D eigenvalue weighted by atomic mass is 9.95. The van der Waals surface area contributed by atoms with Gasteiger partial charge in [-0.2, -0.15) is 0 Å². The molecule has 0 radical (unpaired) electrons. The Kier molecular flexibility index (Phi) is 5.21. The fourth-order valence-corrected chi connectivity index (χ4v) is 4.08. The van der Waals surface area contributed by atoms with Crippen molar-refractivity contribution in [3.63, 3.8) is 0 Å². The third-order valence-corrected chi connectivity index (χ3v) is 6.04. The van der Waals surface area contributed by atoms with Gasteiger partial charge in [0.1, 0.15) is 0 Å². The molecule has 4 rings (SSSR count). The molecule has 2 aromatic heterocycles. The van der Waals surface area contributed by atoms with Crippen molar-refractivity contribution in [1.82, 2.24) is 14.3 Å². The molecule has 1 saturated heterocycles. The van der Waals surface area contributed by atoms with Crippen molar-refractivity contribution in [3.05, 3.63) is 64.1 Å². The van der Waals surface area contributed by atoms with Crippen LogP contribution in [0, 0.1) is 20.8 Å².